The van der Waals surface area contributed by atoms with E-state index in [0.717, 1.165) is 11.6 Å². The van der Waals surface area contributed by atoms with Crippen molar-refractivity contribution in [1.29, 1.82) is 0 Å². The number of likely N-dealkylation sites (tertiary alicyclic amines) is 1. The molecule has 0 saturated carbocycles. The minimum absolute atomic E-state index is 0.0219. The van der Waals surface area contributed by atoms with Crippen molar-refractivity contribution in [1.82, 2.24) is 9.80 Å². The number of halogens is 4. The van der Waals surface area contributed by atoms with Crippen molar-refractivity contribution in [3.8, 4) is 0 Å². The molecule has 2 aromatic carbocycles. The second-order valence-corrected chi connectivity index (χ2v) is 8.80. The molecule has 0 spiro atoms. The third-order valence-corrected chi connectivity index (χ3v) is 6.55. The quantitative estimate of drug-likeness (QED) is 0.748. The van der Waals surface area contributed by atoms with Crippen LogP contribution in [-0.4, -0.2) is 60.5 Å². The Morgan fingerprint density at radius 1 is 1.06 bits per heavy atom. The molecule has 2 fully saturated rings. The first-order chi connectivity index (χ1) is 15.2. The number of hydrogen-bond donors (Lipinski definition) is 1. The van der Waals surface area contributed by atoms with E-state index >= 15 is 0 Å². The Bertz CT molecular complexity index is 962. The number of carbonyl (C=O) groups is 1. The lowest BCUT2D eigenvalue weighted by atomic mass is 10.1. The molecule has 1 amide bonds. The number of carbonyl (C=O) groups excluding carboxylic acids is 1. The third-order valence-electron chi connectivity index (χ3n) is 6.18. The van der Waals surface area contributed by atoms with Crippen molar-refractivity contribution in [3.63, 3.8) is 0 Å². The van der Waals surface area contributed by atoms with E-state index in [1.807, 2.05) is 29.2 Å². The molecule has 2 aliphatic rings. The second kappa shape index (κ2) is 9.29. The van der Waals surface area contributed by atoms with E-state index in [1.165, 1.54) is 12.1 Å². The summed E-state index contributed by atoms with van der Waals surface area (Å²) in [6.07, 6.45) is -3.79. The Balaban J connectivity index is 1.40. The molecule has 0 aromatic heterocycles. The van der Waals surface area contributed by atoms with Gasteiger partial charge in [0.2, 0.25) is 5.91 Å². The van der Waals surface area contributed by atoms with Crippen LogP contribution in [-0.2, 0) is 17.5 Å². The van der Waals surface area contributed by atoms with Crippen LogP contribution in [0.25, 0.3) is 0 Å². The predicted octanol–water partition coefficient (Wildman–Crippen LogP) is 3.61. The molecule has 0 bridgehead atoms. The standard InChI is InChI=1S/C23H26ClF3N4O/c24-20-7-2-1-4-16(20)14-31-15-18(28)13-21(31)22(32)30-10-8-29(9-11-30)19-6-3-5-17(12-19)23(25,26)27/h1-7,12,18,21H,8-11,13-15,28H2/t18-,21+/m1/s1. The number of rotatable bonds is 4. The average molecular weight is 467 g/mol. The van der Waals surface area contributed by atoms with Crippen molar-refractivity contribution in [2.45, 2.75) is 31.2 Å². The van der Waals surface area contributed by atoms with Crippen LogP contribution < -0.4 is 10.6 Å². The molecular weight excluding hydrogens is 441 g/mol. The van der Waals surface area contributed by atoms with Crippen molar-refractivity contribution < 1.29 is 18.0 Å². The van der Waals surface area contributed by atoms with Crippen molar-refractivity contribution in [2.24, 2.45) is 5.73 Å². The summed E-state index contributed by atoms with van der Waals surface area (Å²) in [7, 11) is 0. The molecule has 2 saturated heterocycles. The summed E-state index contributed by atoms with van der Waals surface area (Å²) in [4.78, 5) is 19.1. The highest BCUT2D eigenvalue weighted by molar-refractivity contribution is 6.31. The van der Waals surface area contributed by atoms with Gasteiger partial charge in [0.25, 0.3) is 0 Å². The van der Waals surface area contributed by atoms with Crippen LogP contribution in [0.4, 0.5) is 18.9 Å². The molecule has 0 unspecified atom stereocenters. The third kappa shape index (κ3) is 5.03. The van der Waals surface area contributed by atoms with Gasteiger partial charge in [0.05, 0.1) is 11.6 Å². The molecule has 2 N–H and O–H groups in total. The topological polar surface area (TPSA) is 52.8 Å². The van der Waals surface area contributed by atoms with E-state index in [2.05, 4.69) is 4.90 Å². The Kier molecular flexibility index (Phi) is 6.65. The van der Waals surface area contributed by atoms with Gasteiger partial charge in [-0.1, -0.05) is 35.9 Å². The van der Waals surface area contributed by atoms with Gasteiger partial charge in [0, 0.05) is 56.0 Å². The molecule has 0 radical (unpaired) electrons. The maximum Gasteiger partial charge on any atom is 0.416 e. The minimum atomic E-state index is -4.37. The molecular formula is C23H26ClF3N4O. The molecule has 172 valence electrons. The van der Waals surface area contributed by atoms with E-state index in [0.29, 0.717) is 56.4 Å². The van der Waals surface area contributed by atoms with E-state index in [1.54, 1.807) is 11.0 Å². The van der Waals surface area contributed by atoms with Gasteiger partial charge < -0.3 is 15.5 Å². The number of anilines is 1. The van der Waals surface area contributed by atoms with Gasteiger partial charge in [0.1, 0.15) is 0 Å². The monoisotopic (exact) mass is 466 g/mol. The largest absolute Gasteiger partial charge is 0.416 e. The lowest BCUT2D eigenvalue weighted by Gasteiger charge is -2.38. The number of nitrogens with zero attached hydrogens (tertiary/aromatic N) is 3. The number of benzene rings is 2. The molecule has 0 aliphatic carbocycles. The molecule has 2 heterocycles. The first-order valence-corrected chi connectivity index (χ1v) is 11.0. The predicted molar refractivity (Wildman–Crippen MR) is 118 cm³/mol. The summed E-state index contributed by atoms with van der Waals surface area (Å²) in [6.45, 7) is 3.05. The Morgan fingerprint density at radius 3 is 2.47 bits per heavy atom. The smallest absolute Gasteiger partial charge is 0.368 e. The number of hydrogen-bond acceptors (Lipinski definition) is 4. The van der Waals surface area contributed by atoms with Crippen molar-refractivity contribution in [2.75, 3.05) is 37.6 Å². The lowest BCUT2D eigenvalue weighted by molar-refractivity contribution is -0.137. The Morgan fingerprint density at radius 2 is 1.78 bits per heavy atom. The van der Waals surface area contributed by atoms with Crippen molar-refractivity contribution >= 4 is 23.2 Å². The molecule has 4 rings (SSSR count). The highest BCUT2D eigenvalue weighted by Gasteiger charge is 2.38. The average Bonchev–Trinajstić information content (AvgIpc) is 3.14. The Hall–Kier alpha value is -2.29. The zero-order chi connectivity index (χ0) is 22.9. The molecule has 2 atom stereocenters. The van der Waals surface area contributed by atoms with Gasteiger partial charge in [-0.05, 0) is 36.2 Å². The highest BCUT2D eigenvalue weighted by atomic mass is 35.5. The summed E-state index contributed by atoms with van der Waals surface area (Å²) in [6, 6.07) is 12.5. The normalized spacial score (nSPS) is 22.4. The van der Waals surface area contributed by atoms with Gasteiger partial charge in [-0.25, -0.2) is 0 Å². The van der Waals surface area contributed by atoms with E-state index < -0.39 is 11.7 Å². The van der Waals surface area contributed by atoms with E-state index in [4.69, 9.17) is 17.3 Å². The number of amides is 1. The number of nitrogens with two attached hydrogens (primary N) is 1. The van der Waals surface area contributed by atoms with Crippen molar-refractivity contribution in [3.05, 3.63) is 64.7 Å². The maximum absolute atomic E-state index is 13.3. The first-order valence-electron chi connectivity index (χ1n) is 10.7. The molecule has 2 aromatic rings. The number of alkyl halides is 3. The van der Waals surface area contributed by atoms with Gasteiger partial charge in [-0.15, -0.1) is 0 Å². The van der Waals surface area contributed by atoms with Crippen LogP contribution in [0, 0.1) is 0 Å². The molecule has 9 heteroatoms. The summed E-state index contributed by atoms with van der Waals surface area (Å²) in [5.74, 6) is 0.0219. The van der Waals surface area contributed by atoms with Gasteiger partial charge in [-0.3, -0.25) is 9.69 Å². The minimum Gasteiger partial charge on any atom is -0.368 e. The van der Waals surface area contributed by atoms with Gasteiger partial charge in [0.15, 0.2) is 0 Å². The zero-order valence-electron chi connectivity index (χ0n) is 17.6. The lowest BCUT2D eigenvalue weighted by Crippen LogP contribution is -2.53. The van der Waals surface area contributed by atoms with E-state index in [-0.39, 0.29) is 18.0 Å². The van der Waals surface area contributed by atoms with Crippen LogP contribution in [0.15, 0.2) is 48.5 Å². The van der Waals surface area contributed by atoms with Crippen LogP contribution in [0.2, 0.25) is 5.02 Å². The molecule has 32 heavy (non-hydrogen) atoms. The molecule has 2 aliphatic heterocycles. The maximum atomic E-state index is 13.3. The fourth-order valence-corrected chi connectivity index (χ4v) is 4.69. The Labute approximate surface area is 190 Å². The summed E-state index contributed by atoms with van der Waals surface area (Å²) in [5.41, 5.74) is 6.99. The highest BCUT2D eigenvalue weighted by Crippen LogP contribution is 2.32. The second-order valence-electron chi connectivity index (χ2n) is 8.39. The van der Waals surface area contributed by atoms with Gasteiger partial charge in [-0.2, -0.15) is 13.2 Å². The van der Waals surface area contributed by atoms with Crippen LogP contribution in [0.1, 0.15) is 17.5 Å². The van der Waals surface area contributed by atoms with Gasteiger partial charge >= 0.3 is 6.18 Å². The van der Waals surface area contributed by atoms with Crippen LogP contribution in [0.5, 0.6) is 0 Å². The number of piperazine rings is 1. The summed E-state index contributed by atoms with van der Waals surface area (Å²) >= 11 is 6.30. The first kappa shape index (κ1) is 22.9. The molecule has 5 nitrogen and oxygen atoms in total. The fraction of sp³-hybridized carbons (Fsp3) is 0.435. The SMILES string of the molecule is N[C@@H]1C[C@@H](C(=O)N2CCN(c3cccc(C(F)(F)F)c3)CC2)N(Cc2ccccc2Cl)C1. The summed E-state index contributed by atoms with van der Waals surface area (Å²) in [5, 5.41) is 0.661. The fourth-order valence-electron chi connectivity index (χ4n) is 4.49. The zero-order valence-corrected chi connectivity index (χ0v) is 18.3. The van der Waals surface area contributed by atoms with E-state index in [9.17, 15) is 18.0 Å². The summed E-state index contributed by atoms with van der Waals surface area (Å²) < 4.78 is 39.1. The van der Waals surface area contributed by atoms with Crippen LogP contribution in [0.3, 0.4) is 0 Å². The van der Waals surface area contributed by atoms with Crippen LogP contribution >= 0.6 is 11.6 Å².